The fraction of sp³-hybridized carbons (Fsp3) is 0.400. The van der Waals surface area contributed by atoms with E-state index in [2.05, 4.69) is 26.3 Å². The van der Waals surface area contributed by atoms with E-state index in [-0.39, 0.29) is 5.78 Å². The predicted molar refractivity (Wildman–Crippen MR) is 100 cm³/mol. The SMILES string of the molecule is Cn1cc(-c2ccc3cnc(CC(=O)CN4C[C@H]5C[C@@H]4CO5)cc3c2)nn1. The molecule has 2 bridgehead atoms. The third-order valence-electron chi connectivity index (χ3n) is 5.45. The molecular weight excluding hydrogens is 342 g/mol. The summed E-state index contributed by atoms with van der Waals surface area (Å²) in [4.78, 5) is 19.3. The summed E-state index contributed by atoms with van der Waals surface area (Å²) in [6.45, 7) is 2.13. The second-order valence-electron chi connectivity index (χ2n) is 7.50. The molecule has 3 aromatic rings. The monoisotopic (exact) mass is 363 g/mol. The van der Waals surface area contributed by atoms with Gasteiger partial charge in [-0.1, -0.05) is 17.3 Å². The van der Waals surface area contributed by atoms with Crippen LogP contribution >= 0.6 is 0 Å². The summed E-state index contributed by atoms with van der Waals surface area (Å²) in [5.41, 5.74) is 2.65. The topological polar surface area (TPSA) is 73.1 Å². The molecule has 0 radical (unpaired) electrons. The Labute approximate surface area is 156 Å². The maximum absolute atomic E-state index is 12.5. The highest BCUT2D eigenvalue weighted by molar-refractivity contribution is 5.88. The molecule has 0 N–H and O–H groups in total. The van der Waals surface area contributed by atoms with Gasteiger partial charge in [0.1, 0.15) is 5.69 Å². The summed E-state index contributed by atoms with van der Waals surface area (Å²) in [5.74, 6) is 0.208. The third-order valence-corrected chi connectivity index (χ3v) is 5.45. The molecule has 0 amide bonds. The van der Waals surface area contributed by atoms with E-state index < -0.39 is 0 Å². The van der Waals surface area contributed by atoms with Gasteiger partial charge in [0.15, 0.2) is 5.78 Å². The number of nitrogens with zero attached hydrogens (tertiary/aromatic N) is 5. The number of carbonyl (C=O) groups is 1. The summed E-state index contributed by atoms with van der Waals surface area (Å²) < 4.78 is 7.29. The lowest BCUT2D eigenvalue weighted by atomic mass is 10.0. The van der Waals surface area contributed by atoms with Crippen LogP contribution in [0.5, 0.6) is 0 Å². The number of hydrogen-bond acceptors (Lipinski definition) is 6. The van der Waals surface area contributed by atoms with Gasteiger partial charge in [0, 0.05) is 42.5 Å². The maximum Gasteiger partial charge on any atom is 0.152 e. The van der Waals surface area contributed by atoms with Gasteiger partial charge in [-0.25, -0.2) is 0 Å². The zero-order chi connectivity index (χ0) is 18.4. The third kappa shape index (κ3) is 3.24. The van der Waals surface area contributed by atoms with Gasteiger partial charge in [0.05, 0.1) is 31.9 Å². The zero-order valence-corrected chi connectivity index (χ0v) is 15.2. The van der Waals surface area contributed by atoms with E-state index in [4.69, 9.17) is 4.74 Å². The molecule has 2 aliphatic rings. The number of rotatable bonds is 5. The Morgan fingerprint density at radius 2 is 2.22 bits per heavy atom. The van der Waals surface area contributed by atoms with Gasteiger partial charge in [-0.05, 0) is 23.9 Å². The van der Waals surface area contributed by atoms with Crippen molar-refractivity contribution in [2.24, 2.45) is 7.05 Å². The Morgan fingerprint density at radius 3 is 2.96 bits per heavy atom. The highest BCUT2D eigenvalue weighted by atomic mass is 16.5. The molecule has 2 aliphatic heterocycles. The van der Waals surface area contributed by atoms with E-state index in [0.29, 0.717) is 25.1 Å². The van der Waals surface area contributed by atoms with Gasteiger partial charge >= 0.3 is 0 Å². The van der Waals surface area contributed by atoms with Gasteiger partial charge in [-0.2, -0.15) is 0 Å². The maximum atomic E-state index is 12.5. The van der Waals surface area contributed by atoms with Crippen molar-refractivity contribution < 1.29 is 9.53 Å². The van der Waals surface area contributed by atoms with E-state index in [1.54, 1.807) is 4.68 Å². The average molecular weight is 363 g/mol. The number of ketones is 1. The van der Waals surface area contributed by atoms with E-state index in [0.717, 1.165) is 47.3 Å². The van der Waals surface area contributed by atoms with E-state index >= 15 is 0 Å². The summed E-state index contributed by atoms with van der Waals surface area (Å²) in [6.07, 6.45) is 5.47. The number of ether oxygens (including phenoxy) is 1. The number of fused-ring (bicyclic) bond motifs is 3. The second-order valence-corrected chi connectivity index (χ2v) is 7.50. The number of carbonyl (C=O) groups excluding carboxylic acids is 1. The van der Waals surface area contributed by atoms with Crippen LogP contribution in [0.1, 0.15) is 12.1 Å². The quantitative estimate of drug-likeness (QED) is 0.686. The molecule has 2 aromatic heterocycles. The van der Waals surface area contributed by atoms with Crippen LogP contribution in [-0.4, -0.2) is 62.5 Å². The Bertz CT molecular complexity index is 1010. The zero-order valence-electron chi connectivity index (χ0n) is 15.2. The fourth-order valence-corrected chi connectivity index (χ4v) is 4.08. The van der Waals surface area contributed by atoms with Crippen molar-refractivity contribution in [2.45, 2.75) is 25.0 Å². The second kappa shape index (κ2) is 6.51. The first-order chi connectivity index (χ1) is 13.1. The lowest BCUT2D eigenvalue weighted by Crippen LogP contribution is -2.40. The smallest absolute Gasteiger partial charge is 0.152 e. The molecule has 2 fully saturated rings. The first kappa shape index (κ1) is 16.5. The van der Waals surface area contributed by atoms with Crippen molar-refractivity contribution in [3.63, 3.8) is 0 Å². The normalized spacial score (nSPS) is 22.0. The van der Waals surface area contributed by atoms with Gasteiger partial charge in [-0.15, -0.1) is 5.10 Å². The summed E-state index contributed by atoms with van der Waals surface area (Å²) >= 11 is 0. The average Bonchev–Trinajstić information content (AvgIpc) is 3.38. The number of likely N-dealkylation sites (tertiary alicyclic amines) is 1. The first-order valence-corrected chi connectivity index (χ1v) is 9.27. The molecule has 1 aromatic carbocycles. The van der Waals surface area contributed by atoms with Crippen LogP contribution in [0.4, 0.5) is 0 Å². The van der Waals surface area contributed by atoms with Crippen LogP contribution < -0.4 is 0 Å². The molecule has 4 heterocycles. The summed E-state index contributed by atoms with van der Waals surface area (Å²) in [6, 6.07) is 8.54. The van der Waals surface area contributed by atoms with Crippen LogP contribution in [-0.2, 0) is 23.0 Å². The lowest BCUT2D eigenvalue weighted by molar-refractivity contribution is -0.120. The van der Waals surface area contributed by atoms with E-state index in [1.165, 1.54) is 0 Å². The minimum atomic E-state index is 0.208. The largest absolute Gasteiger partial charge is 0.375 e. The van der Waals surface area contributed by atoms with Crippen LogP contribution in [0.25, 0.3) is 22.0 Å². The van der Waals surface area contributed by atoms with E-state index in [1.807, 2.05) is 37.6 Å². The van der Waals surface area contributed by atoms with Gasteiger partial charge in [0.25, 0.3) is 0 Å². The van der Waals surface area contributed by atoms with Gasteiger partial charge < -0.3 is 4.74 Å². The molecule has 5 rings (SSSR count). The highest BCUT2D eigenvalue weighted by Crippen LogP contribution is 2.27. The molecule has 27 heavy (non-hydrogen) atoms. The highest BCUT2D eigenvalue weighted by Gasteiger charge is 2.39. The molecule has 0 aliphatic carbocycles. The lowest BCUT2D eigenvalue weighted by Gasteiger charge is -2.25. The molecule has 7 heteroatoms. The molecule has 0 spiro atoms. The fourth-order valence-electron chi connectivity index (χ4n) is 4.08. The van der Waals surface area contributed by atoms with Crippen molar-refractivity contribution in [1.29, 1.82) is 0 Å². The number of pyridine rings is 1. The number of benzene rings is 1. The van der Waals surface area contributed by atoms with Gasteiger partial charge in [0.2, 0.25) is 0 Å². The predicted octanol–water partition coefficient (Wildman–Crippen LogP) is 1.61. The molecule has 0 saturated carbocycles. The Balaban J connectivity index is 1.33. The summed E-state index contributed by atoms with van der Waals surface area (Å²) in [5, 5.41) is 10.3. The number of morpholine rings is 1. The standard InChI is InChI=1S/C20H21N5O2/c1-24-11-20(22-23-24)13-2-3-14-8-21-16(5-15(14)4-13)6-18(26)9-25-10-19-7-17(25)12-27-19/h2-5,8,11,17,19H,6-7,9-10,12H2,1H3/t17-,19-/m1/s1. The molecule has 2 atom stereocenters. The molecule has 138 valence electrons. The molecule has 7 nitrogen and oxygen atoms in total. The Morgan fingerprint density at radius 1 is 1.30 bits per heavy atom. The minimum absolute atomic E-state index is 0.208. The van der Waals surface area contributed by atoms with Gasteiger partial charge in [-0.3, -0.25) is 19.4 Å². The van der Waals surface area contributed by atoms with Crippen molar-refractivity contribution in [3.05, 3.63) is 42.4 Å². The van der Waals surface area contributed by atoms with Crippen molar-refractivity contribution >= 4 is 16.6 Å². The summed E-state index contributed by atoms with van der Waals surface area (Å²) in [7, 11) is 1.85. The number of aryl methyl sites for hydroxylation is 1. The first-order valence-electron chi connectivity index (χ1n) is 9.27. The number of aromatic nitrogens is 4. The molecule has 2 saturated heterocycles. The van der Waals surface area contributed by atoms with Crippen LogP contribution in [0.2, 0.25) is 0 Å². The van der Waals surface area contributed by atoms with Crippen LogP contribution in [0, 0.1) is 0 Å². The Kier molecular flexibility index (Phi) is 3.98. The minimum Gasteiger partial charge on any atom is -0.375 e. The van der Waals surface area contributed by atoms with Crippen molar-refractivity contribution in [2.75, 3.05) is 19.7 Å². The molecule has 0 unspecified atom stereocenters. The number of hydrogen-bond donors (Lipinski definition) is 0. The van der Waals surface area contributed by atoms with E-state index in [9.17, 15) is 4.79 Å². The molecular formula is C20H21N5O2. The van der Waals surface area contributed by atoms with Crippen molar-refractivity contribution in [1.82, 2.24) is 24.9 Å². The number of Topliss-reactive ketones (excluding diaryl/α,β-unsaturated/α-hetero) is 1. The Hall–Kier alpha value is -2.64. The van der Waals surface area contributed by atoms with Crippen LogP contribution in [0.3, 0.4) is 0 Å². The van der Waals surface area contributed by atoms with Crippen molar-refractivity contribution in [3.8, 4) is 11.3 Å². The van der Waals surface area contributed by atoms with Crippen LogP contribution in [0.15, 0.2) is 36.7 Å².